The Bertz CT molecular complexity index is 389. The molecule has 1 aromatic heterocycles. The smallest absolute Gasteiger partial charge is 0.171 e. The van der Waals surface area contributed by atoms with E-state index in [-0.39, 0.29) is 0 Å². The van der Waals surface area contributed by atoms with Gasteiger partial charge in [0.25, 0.3) is 0 Å². The zero-order chi connectivity index (χ0) is 13.7. The van der Waals surface area contributed by atoms with Crippen LogP contribution in [0.5, 0.6) is 5.75 Å². The molecule has 1 saturated carbocycles. The Morgan fingerprint density at radius 2 is 2.05 bits per heavy atom. The van der Waals surface area contributed by atoms with Gasteiger partial charge < -0.3 is 15.4 Å². The van der Waals surface area contributed by atoms with E-state index in [2.05, 4.69) is 16.8 Å². The van der Waals surface area contributed by atoms with E-state index in [1.54, 1.807) is 0 Å². The maximum absolute atomic E-state index is 6.00. The van der Waals surface area contributed by atoms with E-state index in [9.17, 15) is 0 Å². The summed E-state index contributed by atoms with van der Waals surface area (Å²) in [6, 6.07) is 4.85. The van der Waals surface area contributed by atoms with Gasteiger partial charge in [0.2, 0.25) is 0 Å². The van der Waals surface area contributed by atoms with Crippen molar-refractivity contribution in [1.29, 1.82) is 0 Å². The second kappa shape index (κ2) is 6.75. The van der Waals surface area contributed by atoms with Gasteiger partial charge in [-0.2, -0.15) is 0 Å². The molecule has 0 unspecified atom stereocenters. The Morgan fingerprint density at radius 3 is 2.68 bits per heavy atom. The predicted molar refractivity (Wildman–Crippen MR) is 78.7 cm³/mol. The van der Waals surface area contributed by atoms with Crippen LogP contribution in [0.15, 0.2) is 18.3 Å². The third kappa shape index (κ3) is 3.38. The summed E-state index contributed by atoms with van der Waals surface area (Å²) in [5.74, 6) is 1.87. The first-order valence-electron chi connectivity index (χ1n) is 7.36. The summed E-state index contributed by atoms with van der Waals surface area (Å²) in [5, 5.41) is 0. The first-order chi connectivity index (χ1) is 9.26. The molecule has 0 amide bonds. The summed E-state index contributed by atoms with van der Waals surface area (Å²) in [4.78, 5) is 6.90. The van der Waals surface area contributed by atoms with E-state index in [1.807, 2.05) is 25.3 Å². The van der Waals surface area contributed by atoms with Gasteiger partial charge in [-0.05, 0) is 51.7 Å². The van der Waals surface area contributed by atoms with Crippen molar-refractivity contribution in [3.8, 4) is 5.75 Å². The molecule has 0 aromatic carbocycles. The number of nitrogens with zero attached hydrogens (tertiary/aromatic N) is 2. The highest BCUT2D eigenvalue weighted by molar-refractivity contribution is 5.52. The fourth-order valence-corrected chi connectivity index (χ4v) is 2.86. The van der Waals surface area contributed by atoms with Gasteiger partial charge in [-0.25, -0.2) is 4.98 Å². The molecule has 4 heteroatoms. The normalized spacial score (nSPS) is 23.1. The second-order valence-corrected chi connectivity index (χ2v) is 5.11. The molecule has 1 heterocycles. The van der Waals surface area contributed by atoms with Crippen LogP contribution >= 0.6 is 0 Å². The average Bonchev–Trinajstić information content (AvgIpc) is 2.44. The fourth-order valence-electron chi connectivity index (χ4n) is 2.86. The topological polar surface area (TPSA) is 51.4 Å². The van der Waals surface area contributed by atoms with Crippen LogP contribution in [-0.4, -0.2) is 30.2 Å². The first-order valence-corrected chi connectivity index (χ1v) is 7.36. The van der Waals surface area contributed by atoms with Crippen LogP contribution in [0.2, 0.25) is 0 Å². The molecule has 0 bridgehead atoms. The molecule has 0 saturated heterocycles. The Morgan fingerprint density at radius 1 is 1.32 bits per heavy atom. The maximum atomic E-state index is 6.00. The van der Waals surface area contributed by atoms with Crippen LogP contribution < -0.4 is 15.4 Å². The van der Waals surface area contributed by atoms with Crippen LogP contribution in [0.25, 0.3) is 0 Å². The number of aromatic nitrogens is 1. The molecule has 0 radical (unpaired) electrons. The van der Waals surface area contributed by atoms with Gasteiger partial charge in [-0.1, -0.05) is 0 Å². The number of anilines is 1. The van der Waals surface area contributed by atoms with Crippen molar-refractivity contribution in [2.75, 3.05) is 18.1 Å². The maximum Gasteiger partial charge on any atom is 0.171 e. The van der Waals surface area contributed by atoms with Crippen molar-refractivity contribution in [1.82, 2.24) is 4.98 Å². The molecule has 1 fully saturated rings. The Kier molecular flexibility index (Phi) is 5.02. The molecule has 2 rings (SSSR count). The molecule has 19 heavy (non-hydrogen) atoms. The number of ether oxygens (including phenoxy) is 1. The van der Waals surface area contributed by atoms with Gasteiger partial charge in [0.15, 0.2) is 11.6 Å². The van der Waals surface area contributed by atoms with Gasteiger partial charge in [-0.3, -0.25) is 0 Å². The van der Waals surface area contributed by atoms with E-state index in [4.69, 9.17) is 10.5 Å². The van der Waals surface area contributed by atoms with Crippen molar-refractivity contribution in [2.45, 2.75) is 51.6 Å². The molecule has 2 N–H and O–H groups in total. The third-order valence-corrected chi connectivity index (χ3v) is 3.85. The average molecular weight is 263 g/mol. The molecule has 1 aliphatic rings. The lowest BCUT2D eigenvalue weighted by atomic mass is 9.90. The Hall–Kier alpha value is -1.29. The molecular weight excluding hydrogens is 238 g/mol. The summed E-state index contributed by atoms with van der Waals surface area (Å²) in [6.07, 6.45) is 6.36. The molecule has 0 atom stereocenters. The number of hydrogen-bond acceptors (Lipinski definition) is 4. The van der Waals surface area contributed by atoms with Crippen LogP contribution in [0.3, 0.4) is 0 Å². The summed E-state index contributed by atoms with van der Waals surface area (Å²) >= 11 is 0. The second-order valence-electron chi connectivity index (χ2n) is 5.11. The highest BCUT2D eigenvalue weighted by Gasteiger charge is 2.25. The summed E-state index contributed by atoms with van der Waals surface area (Å²) < 4.78 is 5.70. The molecule has 1 aliphatic carbocycles. The Balaban J connectivity index is 2.17. The summed E-state index contributed by atoms with van der Waals surface area (Å²) in [5.41, 5.74) is 6.00. The van der Waals surface area contributed by atoms with Crippen molar-refractivity contribution in [3.05, 3.63) is 18.3 Å². The lowest BCUT2D eigenvalue weighted by Gasteiger charge is -2.36. The summed E-state index contributed by atoms with van der Waals surface area (Å²) in [6.45, 7) is 5.81. The van der Waals surface area contributed by atoms with Crippen molar-refractivity contribution < 1.29 is 4.74 Å². The fraction of sp³-hybridized carbons (Fsp3) is 0.667. The molecule has 106 valence electrons. The van der Waals surface area contributed by atoms with E-state index >= 15 is 0 Å². The van der Waals surface area contributed by atoms with Crippen molar-refractivity contribution in [2.24, 2.45) is 5.73 Å². The number of rotatable bonds is 5. The van der Waals surface area contributed by atoms with E-state index in [0.29, 0.717) is 18.7 Å². The SMILES string of the molecule is CCOc1cccnc1N(CC)C1CCC(N)CC1. The number of pyridine rings is 1. The minimum absolute atomic E-state index is 0.380. The van der Waals surface area contributed by atoms with Gasteiger partial charge in [0, 0.05) is 24.8 Å². The van der Waals surface area contributed by atoms with E-state index < -0.39 is 0 Å². The van der Waals surface area contributed by atoms with Crippen LogP contribution in [0, 0.1) is 0 Å². The van der Waals surface area contributed by atoms with Crippen LogP contribution in [0.1, 0.15) is 39.5 Å². The monoisotopic (exact) mass is 263 g/mol. The molecular formula is C15H25N3O. The minimum Gasteiger partial charge on any atom is -0.490 e. The van der Waals surface area contributed by atoms with Crippen LogP contribution in [-0.2, 0) is 0 Å². The Labute approximate surface area is 116 Å². The zero-order valence-electron chi connectivity index (χ0n) is 12.0. The lowest BCUT2D eigenvalue weighted by molar-refractivity contribution is 0.333. The highest BCUT2D eigenvalue weighted by Crippen LogP contribution is 2.31. The van der Waals surface area contributed by atoms with E-state index in [1.165, 1.54) is 0 Å². The first kappa shape index (κ1) is 14.1. The molecule has 0 aliphatic heterocycles. The minimum atomic E-state index is 0.380. The summed E-state index contributed by atoms with van der Waals surface area (Å²) in [7, 11) is 0. The van der Waals surface area contributed by atoms with E-state index in [0.717, 1.165) is 43.8 Å². The van der Waals surface area contributed by atoms with Crippen molar-refractivity contribution >= 4 is 5.82 Å². The van der Waals surface area contributed by atoms with Crippen molar-refractivity contribution in [3.63, 3.8) is 0 Å². The molecule has 0 spiro atoms. The van der Waals surface area contributed by atoms with Gasteiger partial charge >= 0.3 is 0 Å². The van der Waals surface area contributed by atoms with Gasteiger partial charge in [0.05, 0.1) is 6.61 Å². The number of nitrogens with two attached hydrogens (primary N) is 1. The van der Waals surface area contributed by atoms with Gasteiger partial charge in [-0.15, -0.1) is 0 Å². The predicted octanol–water partition coefficient (Wildman–Crippen LogP) is 2.58. The third-order valence-electron chi connectivity index (χ3n) is 3.85. The van der Waals surface area contributed by atoms with Gasteiger partial charge in [0.1, 0.15) is 0 Å². The molecule has 4 nitrogen and oxygen atoms in total. The standard InChI is InChI=1S/C15H25N3O/c1-3-18(13-9-7-12(16)8-10-13)15-14(19-4-2)6-5-11-17-15/h5-6,11-13H,3-4,7-10,16H2,1-2H3. The highest BCUT2D eigenvalue weighted by atomic mass is 16.5. The van der Waals surface area contributed by atoms with Crippen LogP contribution in [0.4, 0.5) is 5.82 Å². The molecule has 1 aromatic rings. The number of hydrogen-bond donors (Lipinski definition) is 1. The zero-order valence-corrected chi connectivity index (χ0v) is 12.0. The lowest BCUT2D eigenvalue weighted by Crippen LogP contribution is -2.41. The largest absolute Gasteiger partial charge is 0.490 e. The quantitative estimate of drug-likeness (QED) is 0.887.